The zero-order chi connectivity index (χ0) is 11.4. The number of amidine groups is 1. The second kappa shape index (κ2) is 4.65. The lowest BCUT2D eigenvalue weighted by Gasteiger charge is -2.38. The molecule has 0 aromatic carbocycles. The first-order valence-corrected chi connectivity index (χ1v) is 4.84. The highest BCUT2D eigenvalue weighted by Gasteiger charge is 2.30. The molecule has 1 fully saturated rings. The van der Waals surface area contributed by atoms with Crippen LogP contribution in [0.3, 0.4) is 0 Å². The Labute approximate surface area is 90.6 Å². The maximum absolute atomic E-state index is 8.69. The van der Waals surface area contributed by atoms with Gasteiger partial charge in [-0.3, -0.25) is 0 Å². The van der Waals surface area contributed by atoms with Crippen molar-refractivity contribution in [3.63, 3.8) is 0 Å². The lowest BCUT2D eigenvalue weighted by molar-refractivity contribution is 0.235. The van der Waals surface area contributed by atoms with Crippen molar-refractivity contribution in [3.05, 3.63) is 24.3 Å². The van der Waals surface area contributed by atoms with Gasteiger partial charge in [-0.15, -0.1) is 0 Å². The maximum Gasteiger partial charge on any atom is 0.155 e. The van der Waals surface area contributed by atoms with Crippen molar-refractivity contribution in [1.29, 1.82) is 5.26 Å². The van der Waals surface area contributed by atoms with Crippen LogP contribution in [-0.4, -0.2) is 30.9 Å². The zero-order valence-corrected chi connectivity index (χ0v) is 9.25. The van der Waals surface area contributed by atoms with Crippen molar-refractivity contribution in [2.45, 2.75) is 6.92 Å². The van der Waals surface area contributed by atoms with Gasteiger partial charge in [0, 0.05) is 25.7 Å². The molecule has 0 amide bonds. The average molecular weight is 204 g/mol. The van der Waals surface area contributed by atoms with Crippen LogP contribution in [0.4, 0.5) is 0 Å². The summed E-state index contributed by atoms with van der Waals surface area (Å²) in [5, 5.41) is 12.8. The summed E-state index contributed by atoms with van der Waals surface area (Å²) in [4.78, 5) is 2.03. The van der Waals surface area contributed by atoms with Crippen LogP contribution in [0.2, 0.25) is 0 Å². The third-order valence-corrected chi connectivity index (χ3v) is 2.37. The van der Waals surface area contributed by atoms with Gasteiger partial charge < -0.3 is 10.3 Å². The zero-order valence-electron chi connectivity index (χ0n) is 9.25. The molecule has 0 aliphatic carbocycles. The number of nitrogens with zero attached hydrogens (tertiary/aromatic N) is 3. The molecule has 4 heteroatoms. The molecule has 1 N–H and O–H groups in total. The number of hydrazone groups is 1. The normalized spacial score (nSPS) is 16.6. The van der Waals surface area contributed by atoms with E-state index in [9.17, 15) is 0 Å². The lowest BCUT2D eigenvalue weighted by atomic mass is 9.99. The van der Waals surface area contributed by atoms with E-state index < -0.39 is 0 Å². The molecule has 0 atom stereocenters. The Bertz CT molecular complexity index is 342. The minimum Gasteiger partial charge on any atom is -0.352 e. The highest BCUT2D eigenvalue weighted by Crippen LogP contribution is 2.20. The fourth-order valence-electron chi connectivity index (χ4n) is 1.36. The summed E-state index contributed by atoms with van der Waals surface area (Å²) in [7, 11) is 1.74. The molecule has 1 saturated heterocycles. The van der Waals surface area contributed by atoms with Gasteiger partial charge in [-0.2, -0.15) is 10.4 Å². The van der Waals surface area contributed by atoms with Crippen molar-refractivity contribution >= 4 is 5.84 Å². The minimum atomic E-state index is 0.116. The average Bonchev–Trinajstić information content (AvgIpc) is 2.13. The van der Waals surface area contributed by atoms with E-state index in [1.54, 1.807) is 7.05 Å². The molecule has 1 heterocycles. The van der Waals surface area contributed by atoms with Crippen LogP contribution in [0.5, 0.6) is 0 Å². The molecule has 1 aliphatic rings. The van der Waals surface area contributed by atoms with Crippen molar-refractivity contribution < 1.29 is 0 Å². The number of rotatable bonds is 3. The van der Waals surface area contributed by atoms with Gasteiger partial charge in [-0.25, -0.2) is 0 Å². The van der Waals surface area contributed by atoms with Gasteiger partial charge in [-0.05, 0) is 12.5 Å². The molecular weight excluding hydrogens is 188 g/mol. The smallest absolute Gasteiger partial charge is 0.155 e. The summed E-state index contributed by atoms with van der Waals surface area (Å²) >= 11 is 0. The maximum atomic E-state index is 8.69. The van der Waals surface area contributed by atoms with Gasteiger partial charge >= 0.3 is 0 Å². The van der Waals surface area contributed by atoms with E-state index in [1.807, 2.05) is 11.8 Å². The van der Waals surface area contributed by atoms with E-state index in [0.29, 0.717) is 0 Å². The Balaban J connectivity index is 2.70. The third kappa shape index (κ3) is 2.38. The van der Waals surface area contributed by atoms with Gasteiger partial charge in [0.25, 0.3) is 0 Å². The molecule has 0 spiro atoms. The van der Waals surface area contributed by atoms with Gasteiger partial charge in [0.05, 0.1) is 12.0 Å². The predicted octanol–water partition coefficient (Wildman–Crippen LogP) is 1.11. The Morgan fingerprint density at radius 2 is 2.13 bits per heavy atom. The molecule has 0 unspecified atom stereocenters. The van der Waals surface area contributed by atoms with E-state index in [2.05, 4.69) is 29.8 Å². The van der Waals surface area contributed by atoms with Crippen LogP contribution >= 0.6 is 0 Å². The number of nitrogens with one attached hydrogen (secondary N) is 1. The lowest BCUT2D eigenvalue weighted by Crippen LogP contribution is -2.50. The van der Waals surface area contributed by atoms with Crippen LogP contribution < -0.4 is 5.43 Å². The molecule has 4 nitrogen and oxygen atoms in total. The first kappa shape index (κ1) is 11.3. The van der Waals surface area contributed by atoms with Crippen molar-refractivity contribution in [2.24, 2.45) is 11.0 Å². The standard InChI is InChI=1S/C11H16N4/c1-8(2)9(3)11(14-13-4)15-6-10(5-12)7-15/h10,13H,1,3,6-7H2,2,4H3/b14-11+. The van der Waals surface area contributed by atoms with Gasteiger partial charge in [-0.1, -0.05) is 13.2 Å². The summed E-state index contributed by atoms with van der Waals surface area (Å²) in [5.41, 5.74) is 4.46. The van der Waals surface area contributed by atoms with Crippen LogP contribution in [0.15, 0.2) is 29.4 Å². The molecule has 0 radical (unpaired) electrons. The second-order valence-corrected chi connectivity index (χ2v) is 3.65. The largest absolute Gasteiger partial charge is 0.352 e. The summed E-state index contributed by atoms with van der Waals surface area (Å²) in [6.45, 7) is 11.1. The van der Waals surface area contributed by atoms with Gasteiger partial charge in [0.1, 0.15) is 0 Å². The summed E-state index contributed by atoms with van der Waals surface area (Å²) < 4.78 is 0. The molecule has 80 valence electrons. The minimum absolute atomic E-state index is 0.116. The third-order valence-electron chi connectivity index (χ3n) is 2.37. The van der Waals surface area contributed by atoms with Gasteiger partial charge in [0.2, 0.25) is 0 Å². The van der Waals surface area contributed by atoms with E-state index in [0.717, 1.165) is 30.1 Å². The molecular formula is C11H16N4. The molecule has 0 bridgehead atoms. The topological polar surface area (TPSA) is 51.4 Å². The Hall–Kier alpha value is -1.76. The number of likely N-dealkylation sites (tertiary alicyclic amines) is 1. The highest BCUT2D eigenvalue weighted by molar-refractivity contribution is 6.01. The van der Waals surface area contributed by atoms with Crippen LogP contribution in [0, 0.1) is 17.2 Å². The molecule has 1 aliphatic heterocycles. The van der Waals surface area contributed by atoms with Crippen LogP contribution in [0.1, 0.15) is 6.92 Å². The number of hydrogen-bond acceptors (Lipinski definition) is 3. The van der Waals surface area contributed by atoms with Gasteiger partial charge in [0.15, 0.2) is 5.84 Å². The van der Waals surface area contributed by atoms with E-state index >= 15 is 0 Å². The van der Waals surface area contributed by atoms with Crippen LogP contribution in [-0.2, 0) is 0 Å². The first-order valence-electron chi connectivity index (χ1n) is 4.84. The fourth-order valence-corrected chi connectivity index (χ4v) is 1.36. The predicted molar refractivity (Wildman–Crippen MR) is 61.1 cm³/mol. The summed E-state index contributed by atoms with van der Waals surface area (Å²) in [6, 6.07) is 2.23. The summed E-state index contributed by atoms with van der Waals surface area (Å²) in [6.07, 6.45) is 0. The van der Waals surface area contributed by atoms with Crippen LogP contribution in [0.25, 0.3) is 0 Å². The SMILES string of the molecule is C=C(C)C(=C)/C(=N\NC)N1CC(C#N)C1. The molecule has 0 aromatic heterocycles. The Morgan fingerprint density at radius 3 is 2.53 bits per heavy atom. The fraction of sp³-hybridized carbons (Fsp3) is 0.455. The second-order valence-electron chi connectivity index (χ2n) is 3.65. The molecule has 1 rings (SSSR count). The first-order chi connectivity index (χ1) is 7.10. The Morgan fingerprint density at radius 1 is 1.53 bits per heavy atom. The van der Waals surface area contributed by atoms with Crippen molar-refractivity contribution in [3.8, 4) is 6.07 Å². The molecule has 0 aromatic rings. The van der Waals surface area contributed by atoms with E-state index in [4.69, 9.17) is 5.26 Å². The quantitative estimate of drug-likeness (QED) is 0.324. The highest BCUT2D eigenvalue weighted by atomic mass is 15.4. The van der Waals surface area contributed by atoms with Crippen molar-refractivity contribution in [1.82, 2.24) is 10.3 Å². The summed E-state index contributed by atoms with van der Waals surface area (Å²) in [5.74, 6) is 0.904. The molecule has 15 heavy (non-hydrogen) atoms. The molecule has 0 saturated carbocycles. The number of nitriles is 1. The van der Waals surface area contributed by atoms with Crippen molar-refractivity contribution in [2.75, 3.05) is 20.1 Å². The van der Waals surface area contributed by atoms with E-state index in [1.165, 1.54) is 0 Å². The Kier molecular flexibility index (Phi) is 3.51. The van der Waals surface area contributed by atoms with E-state index in [-0.39, 0.29) is 5.92 Å². The number of hydrogen-bond donors (Lipinski definition) is 1. The monoisotopic (exact) mass is 204 g/mol.